The van der Waals surface area contributed by atoms with E-state index in [1.165, 1.54) is 0 Å². The van der Waals surface area contributed by atoms with Crippen LogP contribution >= 0.6 is 0 Å². The fourth-order valence-electron chi connectivity index (χ4n) is 2.04. The molecule has 0 amide bonds. The first-order valence-corrected chi connectivity index (χ1v) is 6.29. The Bertz CT molecular complexity index is 737. The van der Waals surface area contributed by atoms with E-state index in [0.717, 1.165) is 11.1 Å². The lowest BCUT2D eigenvalue weighted by Crippen LogP contribution is -2.10. The first-order valence-electron chi connectivity index (χ1n) is 6.29. The molecule has 0 spiro atoms. The molecule has 0 aliphatic carbocycles. The molecular formula is C15H13N3O2. The van der Waals surface area contributed by atoms with Gasteiger partial charge in [0.1, 0.15) is 6.10 Å². The summed E-state index contributed by atoms with van der Waals surface area (Å²) in [4.78, 5) is 16.4. The van der Waals surface area contributed by atoms with Gasteiger partial charge in [-0.3, -0.25) is 10.1 Å². The van der Waals surface area contributed by atoms with Crippen molar-refractivity contribution in [3.63, 3.8) is 0 Å². The van der Waals surface area contributed by atoms with Crippen molar-refractivity contribution in [2.45, 2.75) is 13.0 Å². The zero-order valence-electron chi connectivity index (χ0n) is 10.9. The molecule has 5 nitrogen and oxygen atoms in total. The molecule has 3 aromatic rings. The van der Waals surface area contributed by atoms with Crippen molar-refractivity contribution in [3.05, 3.63) is 60.0 Å². The van der Waals surface area contributed by atoms with Crippen molar-refractivity contribution in [3.8, 4) is 0 Å². The minimum atomic E-state index is -0.401. The van der Waals surface area contributed by atoms with Crippen LogP contribution in [0, 0.1) is 0 Å². The molecule has 1 aromatic carbocycles. The Labute approximate surface area is 115 Å². The molecule has 0 saturated carbocycles. The summed E-state index contributed by atoms with van der Waals surface area (Å²) in [7, 11) is 0. The van der Waals surface area contributed by atoms with Gasteiger partial charge in [-0.25, -0.2) is 4.79 Å². The number of benzene rings is 1. The van der Waals surface area contributed by atoms with Gasteiger partial charge in [0.25, 0.3) is 0 Å². The number of carbonyl (C=O) groups is 1. The minimum absolute atomic E-state index is 0.391. The molecule has 2 aromatic heterocycles. The Hall–Kier alpha value is -2.69. The third kappa shape index (κ3) is 2.25. The molecule has 0 radical (unpaired) electrons. The van der Waals surface area contributed by atoms with Gasteiger partial charge in [-0.05, 0) is 25.1 Å². The first kappa shape index (κ1) is 12.3. The van der Waals surface area contributed by atoms with Crippen molar-refractivity contribution in [2.75, 3.05) is 0 Å². The molecule has 0 aliphatic rings. The smallest absolute Gasteiger partial charge is 0.340 e. The lowest BCUT2D eigenvalue weighted by molar-refractivity contribution is 0.0331. The van der Waals surface area contributed by atoms with E-state index in [1.807, 2.05) is 24.3 Å². The normalized spacial score (nSPS) is 12.2. The van der Waals surface area contributed by atoms with Gasteiger partial charge in [-0.15, -0.1) is 0 Å². The Kier molecular flexibility index (Phi) is 3.16. The van der Waals surface area contributed by atoms with Crippen LogP contribution < -0.4 is 0 Å². The van der Waals surface area contributed by atoms with Crippen molar-refractivity contribution in [1.29, 1.82) is 0 Å². The van der Waals surface area contributed by atoms with Crippen LogP contribution in [0.2, 0.25) is 0 Å². The Morgan fingerprint density at radius 1 is 1.25 bits per heavy atom. The average molecular weight is 267 g/mol. The number of nitrogens with zero attached hydrogens (tertiary/aromatic N) is 2. The highest BCUT2D eigenvalue weighted by molar-refractivity contribution is 6.02. The molecular weight excluding hydrogens is 254 g/mol. The zero-order valence-corrected chi connectivity index (χ0v) is 10.9. The molecule has 1 N–H and O–H groups in total. The van der Waals surface area contributed by atoms with Gasteiger partial charge in [0.2, 0.25) is 0 Å². The van der Waals surface area contributed by atoms with Crippen molar-refractivity contribution < 1.29 is 9.53 Å². The van der Waals surface area contributed by atoms with Crippen molar-refractivity contribution in [2.24, 2.45) is 0 Å². The molecule has 0 bridgehead atoms. The summed E-state index contributed by atoms with van der Waals surface area (Å²) in [5, 5.41) is 7.63. The number of aromatic amines is 1. The maximum atomic E-state index is 12.2. The zero-order chi connectivity index (χ0) is 13.9. The number of hydrogen-bond acceptors (Lipinski definition) is 4. The fraction of sp³-hybridized carbons (Fsp3) is 0.133. The van der Waals surface area contributed by atoms with E-state index in [-0.39, 0.29) is 0 Å². The van der Waals surface area contributed by atoms with E-state index >= 15 is 0 Å². The third-order valence-electron chi connectivity index (χ3n) is 3.08. The SMILES string of the molecule is C[C@@H](OC(=O)c1cccc2cn[nH]c12)c1ccccn1. The predicted octanol–water partition coefficient (Wildman–Crippen LogP) is 2.88. The number of H-pyrrole nitrogens is 1. The Balaban J connectivity index is 1.85. The van der Waals surface area contributed by atoms with Gasteiger partial charge in [0.05, 0.1) is 23.0 Å². The number of rotatable bonds is 3. The van der Waals surface area contributed by atoms with Gasteiger partial charge in [0.15, 0.2) is 0 Å². The highest BCUT2D eigenvalue weighted by Crippen LogP contribution is 2.20. The number of ether oxygens (including phenoxy) is 1. The second-order valence-electron chi connectivity index (χ2n) is 4.44. The topological polar surface area (TPSA) is 67.9 Å². The van der Waals surface area contributed by atoms with Gasteiger partial charge >= 0.3 is 5.97 Å². The molecule has 0 fully saturated rings. The summed E-state index contributed by atoms with van der Waals surface area (Å²) < 4.78 is 5.45. The molecule has 20 heavy (non-hydrogen) atoms. The van der Waals surface area contributed by atoms with Crippen LogP contribution in [0.1, 0.15) is 29.1 Å². The molecule has 100 valence electrons. The van der Waals surface area contributed by atoms with Crippen molar-refractivity contribution >= 4 is 16.9 Å². The summed E-state index contributed by atoms with van der Waals surface area (Å²) in [5.74, 6) is -0.391. The second kappa shape index (κ2) is 5.13. The molecule has 3 rings (SSSR count). The average Bonchev–Trinajstić information content (AvgIpc) is 2.96. The van der Waals surface area contributed by atoms with E-state index in [2.05, 4.69) is 15.2 Å². The summed E-state index contributed by atoms with van der Waals surface area (Å²) >= 11 is 0. The minimum Gasteiger partial charge on any atom is -0.452 e. The van der Waals surface area contributed by atoms with Gasteiger partial charge in [0, 0.05) is 11.6 Å². The van der Waals surface area contributed by atoms with Crippen LogP contribution in [0.4, 0.5) is 0 Å². The van der Waals surface area contributed by atoms with Crippen LogP contribution in [-0.4, -0.2) is 21.2 Å². The van der Waals surface area contributed by atoms with E-state index in [4.69, 9.17) is 4.74 Å². The fourth-order valence-corrected chi connectivity index (χ4v) is 2.04. The number of fused-ring (bicyclic) bond motifs is 1. The maximum absolute atomic E-state index is 12.2. The number of esters is 1. The van der Waals surface area contributed by atoms with E-state index in [0.29, 0.717) is 11.1 Å². The van der Waals surface area contributed by atoms with Crippen LogP contribution in [-0.2, 0) is 4.74 Å². The lowest BCUT2D eigenvalue weighted by Gasteiger charge is -2.12. The number of aromatic nitrogens is 3. The van der Waals surface area contributed by atoms with Gasteiger partial charge < -0.3 is 4.74 Å². The van der Waals surface area contributed by atoms with Gasteiger partial charge in [-0.2, -0.15) is 5.10 Å². The molecule has 5 heteroatoms. The Morgan fingerprint density at radius 3 is 2.95 bits per heavy atom. The number of carbonyl (C=O) groups excluding carboxylic acids is 1. The largest absolute Gasteiger partial charge is 0.452 e. The molecule has 2 heterocycles. The van der Waals surface area contributed by atoms with Gasteiger partial charge in [-0.1, -0.05) is 18.2 Å². The second-order valence-corrected chi connectivity index (χ2v) is 4.44. The Morgan fingerprint density at radius 2 is 2.15 bits per heavy atom. The molecule has 0 aliphatic heterocycles. The summed E-state index contributed by atoms with van der Waals surface area (Å²) in [5.41, 5.74) is 1.88. The first-order chi connectivity index (χ1) is 9.75. The molecule has 1 atom stereocenters. The van der Waals surface area contributed by atoms with Crippen LogP contribution in [0.5, 0.6) is 0 Å². The number of nitrogens with one attached hydrogen (secondary N) is 1. The predicted molar refractivity (Wildman–Crippen MR) is 74.2 cm³/mol. The van der Waals surface area contributed by atoms with Crippen molar-refractivity contribution in [1.82, 2.24) is 15.2 Å². The summed E-state index contributed by atoms with van der Waals surface area (Å²) in [6.07, 6.45) is 2.95. The lowest BCUT2D eigenvalue weighted by atomic mass is 10.1. The van der Waals surface area contributed by atoms with Crippen LogP contribution in [0.3, 0.4) is 0 Å². The number of pyridine rings is 1. The van der Waals surface area contributed by atoms with E-state index in [1.54, 1.807) is 31.5 Å². The summed E-state index contributed by atoms with van der Waals surface area (Å²) in [6, 6.07) is 10.9. The number of para-hydroxylation sites is 1. The summed E-state index contributed by atoms with van der Waals surface area (Å²) in [6.45, 7) is 1.80. The standard InChI is InChI=1S/C15H13N3O2/c1-10(13-7-2-3-8-16-13)20-15(19)12-6-4-5-11-9-17-18-14(11)12/h2-10H,1H3,(H,17,18)/t10-/m1/s1. The monoisotopic (exact) mass is 267 g/mol. The molecule has 0 saturated heterocycles. The molecule has 0 unspecified atom stereocenters. The van der Waals surface area contributed by atoms with E-state index < -0.39 is 12.1 Å². The highest BCUT2D eigenvalue weighted by Gasteiger charge is 2.17. The third-order valence-corrected chi connectivity index (χ3v) is 3.08. The maximum Gasteiger partial charge on any atom is 0.340 e. The quantitative estimate of drug-likeness (QED) is 0.741. The van der Waals surface area contributed by atoms with Crippen LogP contribution in [0.15, 0.2) is 48.8 Å². The highest BCUT2D eigenvalue weighted by atomic mass is 16.5. The number of hydrogen-bond donors (Lipinski definition) is 1. The van der Waals surface area contributed by atoms with Crippen LogP contribution in [0.25, 0.3) is 10.9 Å². The van der Waals surface area contributed by atoms with E-state index in [9.17, 15) is 4.79 Å².